The van der Waals surface area contributed by atoms with Gasteiger partial charge in [-0.2, -0.15) is 0 Å². The highest BCUT2D eigenvalue weighted by molar-refractivity contribution is 7.10. The van der Waals surface area contributed by atoms with Crippen molar-refractivity contribution in [3.05, 3.63) is 51.7 Å². The average Bonchev–Trinajstić information content (AvgIpc) is 2.84. The molecule has 0 amide bonds. The maximum Gasteiger partial charge on any atom is 0.118 e. The second kappa shape index (κ2) is 5.76. The summed E-state index contributed by atoms with van der Waals surface area (Å²) in [5.74, 6) is 0.865. The largest absolute Gasteiger partial charge is 0.497 e. The molecular weight excluding hydrogens is 256 g/mol. The summed E-state index contributed by atoms with van der Waals surface area (Å²) in [7, 11) is 1.67. The Morgan fingerprint density at radius 3 is 2.42 bits per heavy atom. The van der Waals surface area contributed by atoms with Crippen molar-refractivity contribution >= 4 is 11.3 Å². The Hall–Kier alpha value is -1.32. The monoisotopic (exact) mass is 276 g/mol. The third kappa shape index (κ3) is 3.37. The lowest BCUT2D eigenvalue weighted by molar-refractivity contribution is 0.0513. The van der Waals surface area contributed by atoms with Crippen molar-refractivity contribution in [3.8, 4) is 5.75 Å². The fourth-order valence-corrected chi connectivity index (χ4v) is 3.24. The minimum Gasteiger partial charge on any atom is -0.497 e. The van der Waals surface area contributed by atoms with E-state index in [1.165, 1.54) is 11.1 Å². The van der Waals surface area contributed by atoms with Crippen LogP contribution in [-0.2, 0) is 12.0 Å². The molecule has 102 valence electrons. The molecule has 0 saturated heterocycles. The molecule has 3 heteroatoms. The third-order valence-corrected chi connectivity index (χ3v) is 4.68. The summed E-state index contributed by atoms with van der Waals surface area (Å²) in [5, 5.41) is 12.6. The van der Waals surface area contributed by atoms with Gasteiger partial charge in [0.1, 0.15) is 5.75 Å². The second-order valence-corrected chi connectivity index (χ2v) is 5.97. The van der Waals surface area contributed by atoms with E-state index in [1.54, 1.807) is 18.4 Å². The third-order valence-electron chi connectivity index (χ3n) is 3.41. The van der Waals surface area contributed by atoms with Gasteiger partial charge in [0.05, 0.1) is 12.7 Å². The molecule has 2 rings (SSSR count). The van der Waals surface area contributed by atoms with E-state index in [0.717, 1.165) is 23.5 Å². The Labute approximate surface area is 118 Å². The van der Waals surface area contributed by atoms with Crippen LogP contribution < -0.4 is 4.74 Å². The second-order valence-electron chi connectivity index (χ2n) is 5.05. The van der Waals surface area contributed by atoms with Crippen LogP contribution in [0.2, 0.25) is 0 Å². The van der Waals surface area contributed by atoms with Crippen molar-refractivity contribution in [2.24, 2.45) is 0 Å². The Bertz CT molecular complexity index is 526. The zero-order chi connectivity index (χ0) is 13.9. The number of ether oxygens (including phenoxy) is 1. The minimum atomic E-state index is -0.752. The van der Waals surface area contributed by atoms with Gasteiger partial charge in [0, 0.05) is 4.88 Å². The van der Waals surface area contributed by atoms with E-state index in [4.69, 9.17) is 4.74 Å². The van der Waals surface area contributed by atoms with Crippen LogP contribution in [0.15, 0.2) is 35.7 Å². The molecule has 1 unspecified atom stereocenters. The molecule has 0 aliphatic rings. The van der Waals surface area contributed by atoms with Crippen LogP contribution in [0.1, 0.15) is 29.3 Å². The molecule has 0 aliphatic heterocycles. The predicted octanol–water partition coefficient (Wildman–Crippen LogP) is 3.91. The number of rotatable bonds is 5. The summed E-state index contributed by atoms with van der Waals surface area (Å²) in [4.78, 5) is 1.07. The highest BCUT2D eigenvalue weighted by Crippen LogP contribution is 2.32. The molecule has 0 saturated carbocycles. The molecular formula is C16H20O2S. The summed E-state index contributed by atoms with van der Waals surface area (Å²) in [5.41, 5.74) is 1.64. The molecule has 1 N–H and O–H groups in total. The fourth-order valence-electron chi connectivity index (χ4n) is 2.22. The van der Waals surface area contributed by atoms with Gasteiger partial charge in [-0.15, -0.1) is 11.3 Å². The van der Waals surface area contributed by atoms with E-state index < -0.39 is 5.60 Å². The van der Waals surface area contributed by atoms with Gasteiger partial charge in [-0.1, -0.05) is 12.1 Å². The minimum absolute atomic E-state index is 0.723. The lowest BCUT2D eigenvalue weighted by Gasteiger charge is -2.23. The summed E-state index contributed by atoms with van der Waals surface area (Å²) in [6, 6.07) is 10.1. The highest BCUT2D eigenvalue weighted by atomic mass is 32.1. The molecule has 2 aromatic rings. The number of thiophene rings is 1. The van der Waals surface area contributed by atoms with Crippen LogP contribution >= 0.6 is 11.3 Å². The Morgan fingerprint density at radius 2 is 1.89 bits per heavy atom. The van der Waals surface area contributed by atoms with E-state index in [1.807, 2.05) is 31.4 Å². The SMILES string of the molecule is COc1ccc(CCC(C)(O)c2sccc2C)cc1. The van der Waals surface area contributed by atoms with Gasteiger partial charge >= 0.3 is 0 Å². The molecule has 1 aromatic carbocycles. The van der Waals surface area contributed by atoms with Crippen LogP contribution in [0.25, 0.3) is 0 Å². The molecule has 1 atom stereocenters. The maximum atomic E-state index is 10.6. The van der Waals surface area contributed by atoms with E-state index in [-0.39, 0.29) is 0 Å². The predicted molar refractivity (Wildman–Crippen MR) is 79.9 cm³/mol. The first-order chi connectivity index (χ1) is 9.03. The van der Waals surface area contributed by atoms with Crippen molar-refractivity contribution in [1.82, 2.24) is 0 Å². The zero-order valence-electron chi connectivity index (χ0n) is 11.6. The van der Waals surface area contributed by atoms with Crippen molar-refractivity contribution in [2.45, 2.75) is 32.3 Å². The van der Waals surface area contributed by atoms with Crippen LogP contribution in [0, 0.1) is 6.92 Å². The van der Waals surface area contributed by atoms with E-state index in [2.05, 4.69) is 18.2 Å². The van der Waals surface area contributed by atoms with Gasteiger partial charge in [0.25, 0.3) is 0 Å². The number of aryl methyl sites for hydroxylation is 2. The van der Waals surface area contributed by atoms with Crippen LogP contribution in [0.4, 0.5) is 0 Å². The molecule has 0 bridgehead atoms. The molecule has 0 spiro atoms. The summed E-state index contributed by atoms with van der Waals surface area (Å²) in [6.07, 6.45) is 1.58. The number of hydrogen-bond acceptors (Lipinski definition) is 3. The first kappa shape index (κ1) is 14.1. The number of hydrogen-bond donors (Lipinski definition) is 1. The Kier molecular flexibility index (Phi) is 4.27. The van der Waals surface area contributed by atoms with Crippen molar-refractivity contribution < 1.29 is 9.84 Å². The quantitative estimate of drug-likeness (QED) is 0.897. The normalized spacial score (nSPS) is 14.1. The summed E-state index contributed by atoms with van der Waals surface area (Å²) in [6.45, 7) is 3.95. The van der Waals surface area contributed by atoms with Gasteiger partial charge < -0.3 is 9.84 Å². The van der Waals surface area contributed by atoms with Gasteiger partial charge in [0.15, 0.2) is 0 Å². The lowest BCUT2D eigenvalue weighted by Crippen LogP contribution is -2.21. The average molecular weight is 276 g/mol. The van der Waals surface area contributed by atoms with Crippen molar-refractivity contribution in [3.63, 3.8) is 0 Å². The molecule has 2 nitrogen and oxygen atoms in total. The van der Waals surface area contributed by atoms with Gasteiger partial charge in [-0.25, -0.2) is 0 Å². The smallest absolute Gasteiger partial charge is 0.118 e. The first-order valence-electron chi connectivity index (χ1n) is 6.43. The molecule has 0 fully saturated rings. The first-order valence-corrected chi connectivity index (χ1v) is 7.31. The van der Waals surface area contributed by atoms with Crippen molar-refractivity contribution in [2.75, 3.05) is 7.11 Å². The van der Waals surface area contributed by atoms with Gasteiger partial charge in [-0.05, 0) is 61.4 Å². The summed E-state index contributed by atoms with van der Waals surface area (Å²) >= 11 is 1.63. The Morgan fingerprint density at radius 1 is 1.21 bits per heavy atom. The number of methoxy groups -OCH3 is 1. The van der Waals surface area contributed by atoms with E-state index >= 15 is 0 Å². The fraction of sp³-hybridized carbons (Fsp3) is 0.375. The number of aliphatic hydroxyl groups is 1. The number of benzene rings is 1. The summed E-state index contributed by atoms with van der Waals surface area (Å²) < 4.78 is 5.14. The molecule has 0 radical (unpaired) electrons. The zero-order valence-corrected chi connectivity index (χ0v) is 12.5. The molecule has 19 heavy (non-hydrogen) atoms. The topological polar surface area (TPSA) is 29.5 Å². The Balaban J connectivity index is 2.03. The van der Waals surface area contributed by atoms with E-state index in [0.29, 0.717) is 0 Å². The van der Waals surface area contributed by atoms with Gasteiger partial charge in [0.2, 0.25) is 0 Å². The van der Waals surface area contributed by atoms with E-state index in [9.17, 15) is 5.11 Å². The standard InChI is InChI=1S/C16H20O2S/c1-12-9-11-19-15(12)16(2,17)10-8-13-4-6-14(18-3)7-5-13/h4-7,9,11,17H,8,10H2,1-3H3. The van der Waals surface area contributed by atoms with Crippen LogP contribution in [-0.4, -0.2) is 12.2 Å². The van der Waals surface area contributed by atoms with Gasteiger partial charge in [-0.3, -0.25) is 0 Å². The van der Waals surface area contributed by atoms with Crippen molar-refractivity contribution in [1.29, 1.82) is 0 Å². The van der Waals surface area contributed by atoms with Crippen LogP contribution in [0.5, 0.6) is 5.75 Å². The molecule has 1 heterocycles. The maximum absolute atomic E-state index is 10.6. The highest BCUT2D eigenvalue weighted by Gasteiger charge is 2.25. The van der Waals surface area contributed by atoms with Crippen LogP contribution in [0.3, 0.4) is 0 Å². The molecule has 1 aromatic heterocycles. The lowest BCUT2D eigenvalue weighted by atomic mass is 9.93. The molecule has 0 aliphatic carbocycles.